The SMILES string of the molecule is COc1cc(I)c(Sc2nc3c(N)ncnc3n2CCc2ccccc2Cl)cc1OC. The minimum Gasteiger partial charge on any atom is -0.493 e. The number of ether oxygens (including phenoxy) is 2. The predicted octanol–water partition coefficient (Wildman–Crippen LogP) is 5.08. The molecule has 0 saturated carbocycles. The highest BCUT2D eigenvalue weighted by Gasteiger charge is 2.19. The molecule has 0 aliphatic carbocycles. The average Bonchev–Trinajstić information content (AvgIpc) is 3.12. The molecule has 0 spiro atoms. The molecule has 0 fully saturated rings. The molecule has 31 heavy (non-hydrogen) atoms. The van der Waals surface area contributed by atoms with E-state index in [-0.39, 0.29) is 0 Å². The number of rotatable bonds is 7. The summed E-state index contributed by atoms with van der Waals surface area (Å²) in [6, 6.07) is 11.7. The van der Waals surface area contributed by atoms with Crippen molar-refractivity contribution in [3.8, 4) is 11.5 Å². The van der Waals surface area contributed by atoms with Gasteiger partial charge < -0.3 is 19.8 Å². The highest BCUT2D eigenvalue weighted by Crippen LogP contribution is 2.39. The summed E-state index contributed by atoms with van der Waals surface area (Å²) in [4.78, 5) is 14.3. The highest BCUT2D eigenvalue weighted by molar-refractivity contribution is 14.1. The molecular formula is C21H19ClIN5O2S. The second-order valence-electron chi connectivity index (χ2n) is 6.56. The Labute approximate surface area is 202 Å². The van der Waals surface area contributed by atoms with Crippen LogP contribution < -0.4 is 15.2 Å². The number of anilines is 1. The molecule has 0 amide bonds. The van der Waals surface area contributed by atoms with E-state index in [0.717, 1.165) is 30.6 Å². The van der Waals surface area contributed by atoms with Crippen LogP contribution in [0.25, 0.3) is 11.2 Å². The van der Waals surface area contributed by atoms with Gasteiger partial charge in [0, 0.05) is 20.0 Å². The lowest BCUT2D eigenvalue weighted by molar-refractivity contribution is 0.353. The normalized spacial score (nSPS) is 11.1. The third kappa shape index (κ3) is 4.53. The van der Waals surface area contributed by atoms with Gasteiger partial charge in [-0.2, -0.15) is 0 Å². The number of methoxy groups -OCH3 is 2. The maximum absolute atomic E-state index is 6.36. The zero-order valence-corrected chi connectivity index (χ0v) is 20.5. The van der Waals surface area contributed by atoms with E-state index in [1.807, 2.05) is 41.0 Å². The van der Waals surface area contributed by atoms with E-state index in [0.29, 0.717) is 35.0 Å². The predicted molar refractivity (Wildman–Crippen MR) is 131 cm³/mol. The number of nitrogens with two attached hydrogens (primary N) is 1. The van der Waals surface area contributed by atoms with Crippen molar-refractivity contribution in [3.05, 3.63) is 56.9 Å². The van der Waals surface area contributed by atoms with Crippen LogP contribution in [0.4, 0.5) is 5.82 Å². The topological polar surface area (TPSA) is 88.1 Å². The molecule has 0 aliphatic rings. The lowest BCUT2D eigenvalue weighted by atomic mass is 10.1. The van der Waals surface area contributed by atoms with E-state index in [2.05, 4.69) is 32.6 Å². The molecule has 0 unspecified atom stereocenters. The number of hydrogen-bond acceptors (Lipinski definition) is 7. The van der Waals surface area contributed by atoms with Crippen LogP contribution in [0, 0.1) is 3.57 Å². The van der Waals surface area contributed by atoms with Gasteiger partial charge in [0.25, 0.3) is 0 Å². The zero-order chi connectivity index (χ0) is 22.0. The average molecular weight is 568 g/mol. The largest absolute Gasteiger partial charge is 0.493 e. The first kappa shape index (κ1) is 22.0. The van der Waals surface area contributed by atoms with Gasteiger partial charge in [-0.25, -0.2) is 15.0 Å². The molecule has 2 N–H and O–H groups in total. The Hall–Kier alpha value is -2.24. The molecule has 0 radical (unpaired) electrons. The number of nitrogens with zero attached hydrogens (tertiary/aromatic N) is 4. The molecule has 2 heterocycles. The molecule has 7 nitrogen and oxygen atoms in total. The Morgan fingerprint density at radius 3 is 2.61 bits per heavy atom. The van der Waals surface area contributed by atoms with Crippen LogP contribution in [0.2, 0.25) is 5.02 Å². The minimum atomic E-state index is 0.352. The maximum Gasteiger partial charge on any atom is 0.175 e. The fourth-order valence-electron chi connectivity index (χ4n) is 3.16. The summed E-state index contributed by atoms with van der Waals surface area (Å²) < 4.78 is 13.9. The van der Waals surface area contributed by atoms with Crippen LogP contribution in [0.5, 0.6) is 11.5 Å². The summed E-state index contributed by atoms with van der Waals surface area (Å²) in [6.07, 6.45) is 2.19. The van der Waals surface area contributed by atoms with Crippen molar-refractivity contribution in [2.45, 2.75) is 23.0 Å². The summed E-state index contributed by atoms with van der Waals surface area (Å²) in [6.45, 7) is 0.642. The molecule has 0 bridgehead atoms. The number of aromatic nitrogens is 4. The molecule has 0 atom stereocenters. The summed E-state index contributed by atoms with van der Waals surface area (Å²) in [7, 11) is 3.24. The number of fused-ring (bicyclic) bond motifs is 1. The van der Waals surface area contributed by atoms with Gasteiger partial charge in [-0.1, -0.05) is 41.6 Å². The van der Waals surface area contributed by atoms with E-state index in [1.165, 1.54) is 18.1 Å². The fourth-order valence-corrected chi connectivity index (χ4v) is 5.10. The second-order valence-corrected chi connectivity index (χ2v) is 9.14. The van der Waals surface area contributed by atoms with Crippen LogP contribution in [0.15, 0.2) is 52.8 Å². The van der Waals surface area contributed by atoms with Crippen LogP contribution in [-0.4, -0.2) is 33.7 Å². The van der Waals surface area contributed by atoms with Gasteiger partial charge in [0.1, 0.15) is 6.33 Å². The number of benzene rings is 2. The molecule has 4 aromatic rings. The third-order valence-corrected chi connectivity index (χ3v) is 7.41. The van der Waals surface area contributed by atoms with Gasteiger partial charge in [-0.05, 0) is 52.8 Å². The molecule has 160 valence electrons. The Morgan fingerprint density at radius 1 is 1.13 bits per heavy atom. The fraction of sp³-hybridized carbons (Fsp3) is 0.190. The second kappa shape index (κ2) is 9.49. The molecule has 0 saturated heterocycles. The van der Waals surface area contributed by atoms with Crippen LogP contribution in [0.1, 0.15) is 5.56 Å². The molecule has 2 aromatic heterocycles. The first-order valence-electron chi connectivity index (χ1n) is 9.31. The van der Waals surface area contributed by atoms with Crippen molar-refractivity contribution < 1.29 is 9.47 Å². The molecule has 4 rings (SSSR count). The third-order valence-electron chi connectivity index (χ3n) is 4.73. The van der Waals surface area contributed by atoms with Crippen molar-refractivity contribution in [1.82, 2.24) is 19.5 Å². The Balaban J connectivity index is 1.75. The summed E-state index contributed by atoms with van der Waals surface area (Å²) >= 11 is 10.2. The van der Waals surface area contributed by atoms with E-state index in [4.69, 9.17) is 31.8 Å². The Kier molecular flexibility index (Phi) is 6.73. The molecule has 2 aromatic carbocycles. The monoisotopic (exact) mass is 567 g/mol. The smallest absolute Gasteiger partial charge is 0.175 e. The Bertz CT molecular complexity index is 1250. The number of aryl methyl sites for hydroxylation is 2. The summed E-state index contributed by atoms with van der Waals surface area (Å²) in [5.41, 5.74) is 8.42. The summed E-state index contributed by atoms with van der Waals surface area (Å²) in [5.74, 6) is 1.69. The number of imidazole rings is 1. The van der Waals surface area contributed by atoms with Crippen LogP contribution in [-0.2, 0) is 13.0 Å². The van der Waals surface area contributed by atoms with Crippen molar-refractivity contribution in [3.63, 3.8) is 0 Å². The summed E-state index contributed by atoms with van der Waals surface area (Å²) in [5, 5.41) is 1.50. The quantitative estimate of drug-likeness (QED) is 0.312. The van der Waals surface area contributed by atoms with Gasteiger partial charge >= 0.3 is 0 Å². The lowest BCUT2D eigenvalue weighted by Crippen LogP contribution is -2.05. The van der Waals surface area contributed by atoms with E-state index < -0.39 is 0 Å². The van der Waals surface area contributed by atoms with E-state index >= 15 is 0 Å². The van der Waals surface area contributed by atoms with Crippen molar-refractivity contribution in [2.24, 2.45) is 0 Å². The van der Waals surface area contributed by atoms with Gasteiger partial charge in [0.15, 0.2) is 33.6 Å². The van der Waals surface area contributed by atoms with Gasteiger partial charge in [0.2, 0.25) is 0 Å². The highest BCUT2D eigenvalue weighted by atomic mass is 127. The Morgan fingerprint density at radius 2 is 1.87 bits per heavy atom. The minimum absolute atomic E-state index is 0.352. The number of nitrogen functional groups attached to an aromatic ring is 1. The lowest BCUT2D eigenvalue weighted by Gasteiger charge is -2.13. The molecule has 10 heteroatoms. The van der Waals surface area contributed by atoms with E-state index in [9.17, 15) is 0 Å². The van der Waals surface area contributed by atoms with E-state index in [1.54, 1.807) is 14.2 Å². The van der Waals surface area contributed by atoms with Crippen molar-refractivity contribution >= 4 is 62.9 Å². The molecule has 0 aliphatic heterocycles. The standard InChI is InChI=1S/C21H19ClIN5O2S/c1-29-15-9-14(23)17(10-16(15)30-2)31-21-27-18-19(24)25-11-26-20(18)28(21)8-7-12-5-3-4-6-13(12)22/h3-6,9-11H,7-8H2,1-2H3,(H2,24,25,26). The van der Waals surface area contributed by atoms with Crippen molar-refractivity contribution in [2.75, 3.05) is 20.0 Å². The first-order valence-corrected chi connectivity index (χ1v) is 11.6. The van der Waals surface area contributed by atoms with Gasteiger partial charge in [-0.15, -0.1) is 0 Å². The van der Waals surface area contributed by atoms with Crippen molar-refractivity contribution in [1.29, 1.82) is 0 Å². The van der Waals surface area contributed by atoms with Gasteiger partial charge in [-0.3, -0.25) is 0 Å². The van der Waals surface area contributed by atoms with Crippen LogP contribution >= 0.6 is 46.0 Å². The van der Waals surface area contributed by atoms with Crippen LogP contribution in [0.3, 0.4) is 0 Å². The maximum atomic E-state index is 6.36. The first-order chi connectivity index (χ1) is 15.0. The number of hydrogen-bond donors (Lipinski definition) is 1. The molecular weight excluding hydrogens is 549 g/mol. The van der Waals surface area contributed by atoms with Gasteiger partial charge in [0.05, 0.1) is 14.2 Å². The zero-order valence-electron chi connectivity index (χ0n) is 16.8. The number of halogens is 2.